The van der Waals surface area contributed by atoms with Gasteiger partial charge in [-0.2, -0.15) is 4.31 Å². The summed E-state index contributed by atoms with van der Waals surface area (Å²) in [5.74, 6) is 0.334. The third-order valence-electron chi connectivity index (χ3n) is 6.92. The smallest absolute Gasteiger partial charge is 0.243 e. The number of carbonyl (C=O) groups excluding carboxylic acids is 1. The number of nitrogens with zero attached hydrogens (tertiary/aromatic N) is 2. The number of carbonyl (C=O) groups is 1. The van der Waals surface area contributed by atoms with Crippen LogP contribution < -0.4 is 10.1 Å². The standard InChI is InChI=1S/C26H30N4O4S/c1-29-13-10-18-14-22(6-8-25(18)29)35(32,33)30-12-3-4-20(17-30)26(31)27-11-9-19-16-28-24-7-5-21(34-2)15-23(19)24/h5-8,10,13-16,20,28H,3-4,9,11-12,17H2,1-2H3,(H,27,31). The summed E-state index contributed by atoms with van der Waals surface area (Å²) in [6, 6.07) is 13.0. The Morgan fingerprint density at radius 2 is 2.06 bits per heavy atom. The Kier molecular flexibility index (Phi) is 6.29. The van der Waals surface area contributed by atoms with Crippen LogP contribution in [0.2, 0.25) is 0 Å². The third kappa shape index (κ3) is 4.53. The first-order valence-corrected chi connectivity index (χ1v) is 13.3. The van der Waals surface area contributed by atoms with Crippen molar-refractivity contribution in [2.45, 2.75) is 24.2 Å². The van der Waals surface area contributed by atoms with Gasteiger partial charge in [-0.25, -0.2) is 8.42 Å². The van der Waals surface area contributed by atoms with Crippen LogP contribution in [0.25, 0.3) is 21.8 Å². The topological polar surface area (TPSA) is 96.4 Å². The van der Waals surface area contributed by atoms with E-state index in [-0.39, 0.29) is 23.3 Å². The third-order valence-corrected chi connectivity index (χ3v) is 8.78. The van der Waals surface area contributed by atoms with Crippen LogP contribution in [0, 0.1) is 5.92 Å². The Balaban J connectivity index is 1.22. The molecule has 1 fully saturated rings. The fourth-order valence-electron chi connectivity index (χ4n) is 4.90. The van der Waals surface area contributed by atoms with Gasteiger partial charge in [0.05, 0.1) is 17.9 Å². The summed E-state index contributed by atoms with van der Waals surface area (Å²) in [5.41, 5.74) is 3.10. The number of piperidine rings is 1. The number of H-pyrrole nitrogens is 1. The van der Waals surface area contributed by atoms with E-state index < -0.39 is 10.0 Å². The molecule has 4 aromatic rings. The first kappa shape index (κ1) is 23.4. The minimum atomic E-state index is -3.67. The van der Waals surface area contributed by atoms with Crippen molar-refractivity contribution in [3.63, 3.8) is 0 Å². The molecule has 0 spiro atoms. The van der Waals surface area contributed by atoms with Crippen LogP contribution >= 0.6 is 0 Å². The Morgan fingerprint density at radius 3 is 2.89 bits per heavy atom. The first-order chi connectivity index (χ1) is 16.9. The molecule has 0 bridgehead atoms. The van der Waals surface area contributed by atoms with Crippen molar-refractivity contribution in [3.8, 4) is 5.75 Å². The molecular weight excluding hydrogens is 464 g/mol. The Hall–Kier alpha value is -3.30. The van der Waals surface area contributed by atoms with Crippen molar-refractivity contribution in [2.75, 3.05) is 26.7 Å². The quantitative estimate of drug-likeness (QED) is 0.411. The lowest BCUT2D eigenvalue weighted by Gasteiger charge is -2.31. The monoisotopic (exact) mass is 494 g/mol. The molecule has 1 atom stereocenters. The second-order valence-electron chi connectivity index (χ2n) is 9.12. The van der Waals surface area contributed by atoms with Gasteiger partial charge in [0.1, 0.15) is 5.75 Å². The summed E-state index contributed by atoms with van der Waals surface area (Å²) >= 11 is 0. The number of hydrogen-bond donors (Lipinski definition) is 2. The minimum Gasteiger partial charge on any atom is -0.497 e. The van der Waals surface area contributed by atoms with E-state index in [1.807, 2.05) is 54.3 Å². The van der Waals surface area contributed by atoms with Crippen molar-refractivity contribution in [1.29, 1.82) is 0 Å². The highest BCUT2D eigenvalue weighted by Gasteiger charge is 2.33. The molecule has 1 saturated heterocycles. The van der Waals surface area contributed by atoms with Gasteiger partial charge in [-0.05, 0) is 67.3 Å². The molecule has 1 amide bonds. The molecule has 0 radical (unpaired) electrons. The number of ether oxygens (including phenoxy) is 1. The molecule has 35 heavy (non-hydrogen) atoms. The molecule has 1 aliphatic rings. The Morgan fingerprint density at radius 1 is 1.20 bits per heavy atom. The van der Waals surface area contributed by atoms with Crippen LogP contribution in [-0.2, 0) is 28.3 Å². The summed E-state index contributed by atoms with van der Waals surface area (Å²) < 4.78 is 35.4. The maximum Gasteiger partial charge on any atom is 0.243 e. The van der Waals surface area contributed by atoms with Gasteiger partial charge in [0.15, 0.2) is 0 Å². The number of fused-ring (bicyclic) bond motifs is 2. The van der Waals surface area contributed by atoms with Crippen molar-refractivity contribution in [2.24, 2.45) is 13.0 Å². The highest BCUT2D eigenvalue weighted by Crippen LogP contribution is 2.27. The highest BCUT2D eigenvalue weighted by molar-refractivity contribution is 7.89. The number of methoxy groups -OCH3 is 1. The maximum absolute atomic E-state index is 13.3. The lowest BCUT2D eigenvalue weighted by atomic mass is 9.98. The van der Waals surface area contributed by atoms with Crippen LogP contribution in [0.4, 0.5) is 0 Å². The zero-order chi connectivity index (χ0) is 24.6. The minimum absolute atomic E-state index is 0.0965. The number of sulfonamides is 1. The fraction of sp³-hybridized carbons (Fsp3) is 0.346. The highest BCUT2D eigenvalue weighted by atomic mass is 32.2. The van der Waals surface area contributed by atoms with Crippen LogP contribution in [0.1, 0.15) is 18.4 Å². The van der Waals surface area contributed by atoms with Gasteiger partial charge in [-0.3, -0.25) is 4.79 Å². The average molecular weight is 495 g/mol. The lowest BCUT2D eigenvalue weighted by Crippen LogP contribution is -2.45. The van der Waals surface area contributed by atoms with E-state index in [1.54, 1.807) is 19.2 Å². The van der Waals surface area contributed by atoms with Gasteiger partial charge in [0, 0.05) is 60.9 Å². The first-order valence-electron chi connectivity index (χ1n) is 11.8. The molecule has 1 aliphatic heterocycles. The zero-order valence-electron chi connectivity index (χ0n) is 20.0. The number of benzene rings is 2. The zero-order valence-corrected chi connectivity index (χ0v) is 20.8. The molecule has 2 aromatic carbocycles. The van der Waals surface area contributed by atoms with E-state index in [0.29, 0.717) is 32.4 Å². The molecule has 1 unspecified atom stereocenters. The number of amides is 1. The van der Waals surface area contributed by atoms with Crippen molar-refractivity contribution in [3.05, 3.63) is 60.4 Å². The summed E-state index contributed by atoms with van der Waals surface area (Å²) in [6.07, 6.45) is 5.88. The summed E-state index contributed by atoms with van der Waals surface area (Å²) in [6.45, 7) is 1.11. The predicted octanol–water partition coefficient (Wildman–Crippen LogP) is 3.43. The van der Waals surface area contributed by atoms with Crippen LogP contribution in [0.5, 0.6) is 5.75 Å². The summed E-state index contributed by atoms with van der Waals surface area (Å²) in [7, 11) is -0.0990. The second-order valence-corrected chi connectivity index (χ2v) is 11.1. The molecule has 0 aliphatic carbocycles. The van der Waals surface area contributed by atoms with Crippen molar-refractivity contribution >= 4 is 37.7 Å². The van der Waals surface area contributed by atoms with Crippen LogP contribution in [-0.4, -0.2) is 54.9 Å². The van der Waals surface area contributed by atoms with Crippen LogP contribution in [0.15, 0.2) is 59.8 Å². The van der Waals surface area contributed by atoms with E-state index in [1.165, 1.54) is 4.31 Å². The maximum atomic E-state index is 13.3. The van der Waals surface area contributed by atoms with Gasteiger partial charge in [0.25, 0.3) is 0 Å². The number of aromatic nitrogens is 2. The lowest BCUT2D eigenvalue weighted by molar-refractivity contribution is -0.126. The SMILES string of the molecule is COc1ccc2[nH]cc(CCNC(=O)C3CCCN(S(=O)(=O)c4ccc5c(ccn5C)c4)C3)c2c1. The number of nitrogens with one attached hydrogen (secondary N) is 2. The Bertz CT molecular complexity index is 1490. The fourth-order valence-corrected chi connectivity index (χ4v) is 6.46. The van der Waals surface area contributed by atoms with E-state index in [0.717, 1.165) is 33.1 Å². The van der Waals surface area contributed by atoms with E-state index in [9.17, 15) is 13.2 Å². The largest absolute Gasteiger partial charge is 0.497 e. The molecular formula is C26H30N4O4S. The average Bonchev–Trinajstić information content (AvgIpc) is 3.46. The number of rotatable bonds is 7. The predicted molar refractivity (Wildman–Crippen MR) is 136 cm³/mol. The van der Waals surface area contributed by atoms with Gasteiger partial charge in [0.2, 0.25) is 15.9 Å². The summed E-state index contributed by atoms with van der Waals surface area (Å²) in [4.78, 5) is 16.4. The van der Waals surface area contributed by atoms with Gasteiger partial charge in [-0.1, -0.05) is 0 Å². The molecule has 2 N–H and O–H groups in total. The number of hydrogen-bond acceptors (Lipinski definition) is 4. The molecule has 2 aromatic heterocycles. The van der Waals surface area contributed by atoms with Gasteiger partial charge >= 0.3 is 0 Å². The molecule has 3 heterocycles. The molecule has 8 nitrogen and oxygen atoms in total. The van der Waals surface area contributed by atoms with E-state index in [2.05, 4.69) is 10.3 Å². The summed E-state index contributed by atoms with van der Waals surface area (Å²) in [5, 5.41) is 4.97. The van der Waals surface area contributed by atoms with Crippen molar-refractivity contribution < 1.29 is 17.9 Å². The Labute approximate surface area is 204 Å². The molecule has 9 heteroatoms. The molecule has 0 saturated carbocycles. The van der Waals surface area contributed by atoms with E-state index >= 15 is 0 Å². The number of aromatic amines is 1. The van der Waals surface area contributed by atoms with E-state index in [4.69, 9.17) is 4.74 Å². The normalized spacial score (nSPS) is 17.1. The van der Waals surface area contributed by atoms with Gasteiger partial charge < -0.3 is 19.6 Å². The molecule has 5 rings (SSSR count). The van der Waals surface area contributed by atoms with Crippen LogP contribution in [0.3, 0.4) is 0 Å². The molecule has 184 valence electrons. The second kappa shape index (κ2) is 9.39. The van der Waals surface area contributed by atoms with Gasteiger partial charge in [-0.15, -0.1) is 0 Å². The van der Waals surface area contributed by atoms with Crippen molar-refractivity contribution in [1.82, 2.24) is 19.2 Å². The number of aryl methyl sites for hydroxylation is 1.